The molecule has 31 heavy (non-hydrogen) atoms. The largest absolute Gasteiger partial charge is 0.513 e. The van der Waals surface area contributed by atoms with Crippen molar-refractivity contribution < 1.29 is 28.4 Å². The molecule has 0 bridgehead atoms. The number of anilines is 1. The summed E-state index contributed by atoms with van der Waals surface area (Å²) in [4.78, 5) is 12.4. The molecule has 8 nitrogen and oxygen atoms in total. The van der Waals surface area contributed by atoms with Crippen LogP contribution in [0.4, 0.5) is 5.69 Å². The van der Waals surface area contributed by atoms with Crippen LogP contribution in [0.2, 0.25) is 0 Å². The molecule has 2 aromatic rings. The van der Waals surface area contributed by atoms with Gasteiger partial charge in [0.05, 0.1) is 12.3 Å². The highest BCUT2D eigenvalue weighted by atomic mass is 31.2. The molecule has 0 saturated heterocycles. The van der Waals surface area contributed by atoms with Gasteiger partial charge in [-0.1, -0.05) is 44.9 Å². The van der Waals surface area contributed by atoms with E-state index >= 15 is 0 Å². The summed E-state index contributed by atoms with van der Waals surface area (Å²) in [5.41, 5.74) is 0.525. The van der Waals surface area contributed by atoms with E-state index in [1.165, 1.54) is 7.05 Å². The molecule has 2 aromatic carbocycles. The van der Waals surface area contributed by atoms with Gasteiger partial charge in [0.15, 0.2) is 0 Å². The lowest BCUT2D eigenvalue weighted by Gasteiger charge is -2.24. The molecule has 170 valence electrons. The molecule has 0 aliphatic rings. The van der Waals surface area contributed by atoms with Gasteiger partial charge < -0.3 is 13.8 Å². The molecule has 0 amide bonds. The van der Waals surface area contributed by atoms with Gasteiger partial charge in [0.2, 0.25) is 0 Å². The van der Waals surface area contributed by atoms with Gasteiger partial charge in [-0.2, -0.15) is 5.09 Å². The fourth-order valence-corrected chi connectivity index (χ4v) is 4.21. The van der Waals surface area contributed by atoms with Crippen LogP contribution in [0.3, 0.4) is 0 Å². The predicted octanol–water partition coefficient (Wildman–Crippen LogP) is 5.04. The Morgan fingerprint density at radius 1 is 1.03 bits per heavy atom. The number of hydrogen-bond acceptors (Lipinski definition) is 7. The molecule has 0 aliphatic carbocycles. The standard InChI is InChI=1S/C22H31N2O6P/c1-5-18(6-2)16-28-22(25)17(3)23-31(27,29-20-10-8-7-9-11-20)30-21-14-12-19(13-15-21)24(4)26/h7-15,17-18,26H,5-6,16H2,1-4H3,(H,23,27)/t17-,31+/m0/s1. The minimum atomic E-state index is -4.00. The molecule has 2 rings (SSSR count). The van der Waals surface area contributed by atoms with Crippen LogP contribution < -0.4 is 19.2 Å². The third-order valence-electron chi connectivity index (χ3n) is 4.73. The zero-order valence-electron chi connectivity index (χ0n) is 18.4. The number of carbonyl (C=O) groups is 1. The van der Waals surface area contributed by atoms with Crippen molar-refractivity contribution in [3.8, 4) is 11.5 Å². The molecule has 0 spiro atoms. The summed E-state index contributed by atoms with van der Waals surface area (Å²) in [6, 6.07) is 13.9. The normalized spacial score (nSPS) is 13.9. The van der Waals surface area contributed by atoms with Crippen LogP contribution in [-0.2, 0) is 14.1 Å². The SMILES string of the molecule is CCC(CC)COC(=O)[C@H](C)N[P@@](=O)(Oc1ccccc1)Oc1ccc(N(C)O)cc1. The number of ether oxygens (including phenoxy) is 1. The van der Waals surface area contributed by atoms with Gasteiger partial charge in [-0.15, -0.1) is 0 Å². The van der Waals surface area contributed by atoms with Crippen molar-refractivity contribution in [2.45, 2.75) is 39.7 Å². The minimum absolute atomic E-state index is 0.245. The zero-order chi connectivity index (χ0) is 22.9. The summed E-state index contributed by atoms with van der Waals surface area (Å²) < 4.78 is 30.2. The van der Waals surface area contributed by atoms with E-state index in [2.05, 4.69) is 5.09 Å². The second-order valence-corrected chi connectivity index (χ2v) is 8.79. The summed E-state index contributed by atoms with van der Waals surface area (Å²) in [5.74, 6) is 0.310. The first-order chi connectivity index (χ1) is 14.8. The van der Waals surface area contributed by atoms with E-state index in [-0.39, 0.29) is 11.7 Å². The van der Waals surface area contributed by atoms with E-state index in [9.17, 15) is 14.6 Å². The third kappa shape index (κ3) is 7.90. The lowest BCUT2D eigenvalue weighted by atomic mass is 10.1. The molecule has 9 heteroatoms. The van der Waals surface area contributed by atoms with Crippen LogP contribution in [0, 0.1) is 5.92 Å². The fourth-order valence-electron chi connectivity index (χ4n) is 2.69. The van der Waals surface area contributed by atoms with Gasteiger partial charge in [0.1, 0.15) is 17.5 Å². The first-order valence-electron chi connectivity index (χ1n) is 10.3. The Kier molecular flexibility index (Phi) is 9.37. The van der Waals surface area contributed by atoms with Crippen molar-refractivity contribution in [3.05, 3.63) is 54.6 Å². The summed E-state index contributed by atoms with van der Waals surface area (Å²) in [5, 5.41) is 13.1. The van der Waals surface area contributed by atoms with Gasteiger partial charge in [-0.05, 0) is 49.2 Å². The van der Waals surface area contributed by atoms with Crippen molar-refractivity contribution in [1.82, 2.24) is 5.09 Å². The van der Waals surface area contributed by atoms with Gasteiger partial charge in [-0.25, -0.2) is 4.57 Å². The van der Waals surface area contributed by atoms with Crippen molar-refractivity contribution in [1.29, 1.82) is 0 Å². The fraction of sp³-hybridized carbons (Fsp3) is 0.409. The maximum absolute atomic E-state index is 13.5. The maximum Gasteiger partial charge on any atom is 0.513 e. The Morgan fingerprint density at radius 3 is 2.10 bits per heavy atom. The number of hydroxylamine groups is 1. The molecule has 0 unspecified atom stereocenters. The summed E-state index contributed by atoms with van der Waals surface area (Å²) >= 11 is 0. The summed E-state index contributed by atoms with van der Waals surface area (Å²) in [7, 11) is -2.52. The average molecular weight is 450 g/mol. The van der Waals surface area contributed by atoms with E-state index in [4.69, 9.17) is 13.8 Å². The van der Waals surface area contributed by atoms with E-state index in [0.717, 1.165) is 17.9 Å². The van der Waals surface area contributed by atoms with E-state index < -0.39 is 19.8 Å². The number of hydrogen-bond donors (Lipinski definition) is 2. The lowest BCUT2D eigenvalue weighted by molar-refractivity contribution is -0.146. The molecule has 2 N–H and O–H groups in total. The molecule has 0 aromatic heterocycles. The van der Waals surface area contributed by atoms with Crippen molar-refractivity contribution in [2.75, 3.05) is 18.7 Å². The second-order valence-electron chi connectivity index (χ2n) is 7.17. The first kappa shape index (κ1) is 24.7. The van der Waals surface area contributed by atoms with Crippen LogP contribution in [0.15, 0.2) is 54.6 Å². The topological polar surface area (TPSA) is 97.3 Å². The van der Waals surface area contributed by atoms with Crippen molar-refractivity contribution >= 4 is 19.4 Å². The summed E-state index contributed by atoms with van der Waals surface area (Å²) in [6.45, 7) is 5.93. The molecule has 0 radical (unpaired) electrons. The monoisotopic (exact) mass is 450 g/mol. The average Bonchev–Trinajstić information content (AvgIpc) is 2.75. The van der Waals surface area contributed by atoms with Crippen molar-refractivity contribution in [2.24, 2.45) is 5.92 Å². The number of benzene rings is 2. The molecular formula is C22H31N2O6P. The lowest BCUT2D eigenvalue weighted by Crippen LogP contribution is -2.36. The van der Waals surface area contributed by atoms with Crippen LogP contribution in [0.1, 0.15) is 33.6 Å². The quantitative estimate of drug-likeness (QED) is 0.264. The van der Waals surface area contributed by atoms with Crippen LogP contribution in [-0.4, -0.2) is 30.9 Å². The zero-order valence-corrected chi connectivity index (χ0v) is 19.2. The summed E-state index contributed by atoms with van der Waals surface area (Å²) in [6.07, 6.45) is 1.81. The number of nitrogens with zero attached hydrogens (tertiary/aromatic N) is 1. The number of nitrogens with one attached hydrogen (secondary N) is 1. The molecule has 0 fully saturated rings. The Hall–Kier alpha value is -2.54. The Bertz CT molecular complexity index is 856. The predicted molar refractivity (Wildman–Crippen MR) is 120 cm³/mol. The minimum Gasteiger partial charge on any atom is -0.464 e. The molecule has 0 aliphatic heterocycles. The van der Waals surface area contributed by atoms with Crippen LogP contribution >= 0.6 is 7.75 Å². The maximum atomic E-state index is 13.5. The highest BCUT2D eigenvalue weighted by Crippen LogP contribution is 2.45. The number of esters is 1. The highest BCUT2D eigenvalue weighted by molar-refractivity contribution is 7.52. The molecule has 2 atom stereocenters. The second kappa shape index (κ2) is 11.7. The molecule has 0 heterocycles. The smallest absolute Gasteiger partial charge is 0.464 e. The van der Waals surface area contributed by atoms with Gasteiger partial charge in [0, 0.05) is 7.05 Å². The van der Waals surface area contributed by atoms with E-state index in [1.54, 1.807) is 61.5 Å². The Morgan fingerprint density at radius 2 is 1.58 bits per heavy atom. The Labute approximate surface area is 183 Å². The van der Waals surface area contributed by atoms with Crippen molar-refractivity contribution in [3.63, 3.8) is 0 Å². The first-order valence-corrected chi connectivity index (χ1v) is 11.8. The van der Waals surface area contributed by atoms with Crippen LogP contribution in [0.25, 0.3) is 0 Å². The van der Waals surface area contributed by atoms with Gasteiger partial charge in [-0.3, -0.25) is 15.1 Å². The third-order valence-corrected chi connectivity index (χ3v) is 6.33. The molecule has 0 saturated carbocycles. The Balaban J connectivity index is 2.15. The van der Waals surface area contributed by atoms with Gasteiger partial charge >= 0.3 is 13.7 Å². The van der Waals surface area contributed by atoms with Crippen LogP contribution in [0.5, 0.6) is 11.5 Å². The number of para-hydroxylation sites is 1. The van der Waals surface area contributed by atoms with E-state index in [0.29, 0.717) is 18.0 Å². The molecular weight excluding hydrogens is 419 g/mol. The highest BCUT2D eigenvalue weighted by Gasteiger charge is 2.34. The van der Waals surface area contributed by atoms with Gasteiger partial charge in [0.25, 0.3) is 0 Å². The number of carbonyl (C=O) groups excluding carboxylic acids is 1. The number of rotatable bonds is 12. The van der Waals surface area contributed by atoms with E-state index in [1.807, 2.05) is 13.8 Å².